The predicted octanol–water partition coefficient (Wildman–Crippen LogP) is 5.27. The van der Waals surface area contributed by atoms with Crippen LogP contribution in [0.15, 0.2) is 48.5 Å². The van der Waals surface area contributed by atoms with Crippen LogP contribution in [0.25, 0.3) is 6.08 Å². The number of hydrogen-bond acceptors (Lipinski definition) is 2. The monoisotopic (exact) mass is 420 g/mol. The lowest BCUT2D eigenvalue weighted by molar-refractivity contribution is -0.131. The highest BCUT2D eigenvalue weighted by molar-refractivity contribution is 6.35. The van der Waals surface area contributed by atoms with E-state index < -0.39 is 0 Å². The van der Waals surface area contributed by atoms with Crippen LogP contribution in [0, 0.1) is 5.82 Å². The van der Waals surface area contributed by atoms with E-state index in [9.17, 15) is 9.18 Å². The number of carbonyl (C=O) groups is 1. The van der Waals surface area contributed by atoms with Crippen molar-refractivity contribution in [3.05, 3.63) is 75.5 Å². The Morgan fingerprint density at radius 2 is 1.82 bits per heavy atom. The highest BCUT2D eigenvalue weighted by Crippen LogP contribution is 2.23. The third kappa shape index (κ3) is 5.13. The second-order valence-electron chi connectivity index (χ2n) is 7.24. The summed E-state index contributed by atoms with van der Waals surface area (Å²) >= 11 is 12.1. The van der Waals surface area contributed by atoms with E-state index in [4.69, 9.17) is 23.2 Å². The highest BCUT2D eigenvalue weighted by Gasteiger charge is 2.30. The topological polar surface area (TPSA) is 23.6 Å². The molecule has 2 aromatic carbocycles. The molecule has 0 unspecified atom stereocenters. The number of amides is 1. The Kier molecular flexibility index (Phi) is 6.76. The Hall–Kier alpha value is -1.88. The lowest BCUT2D eigenvalue weighted by atomic mass is 10.1. The molecule has 1 amide bonds. The summed E-state index contributed by atoms with van der Waals surface area (Å²) in [5.41, 5.74) is 1.83. The fraction of sp³-hybridized carbons (Fsp3) is 0.318. The van der Waals surface area contributed by atoms with Gasteiger partial charge in [0.05, 0.1) is 0 Å². The van der Waals surface area contributed by atoms with Gasteiger partial charge in [-0.1, -0.05) is 41.4 Å². The third-order valence-electron chi connectivity index (χ3n) is 5.07. The zero-order valence-electron chi connectivity index (χ0n) is 15.9. The maximum Gasteiger partial charge on any atom is 0.246 e. The lowest BCUT2D eigenvalue weighted by Crippen LogP contribution is -2.57. The van der Waals surface area contributed by atoms with Crippen LogP contribution in [0.5, 0.6) is 0 Å². The zero-order valence-corrected chi connectivity index (χ0v) is 17.4. The van der Waals surface area contributed by atoms with Crippen molar-refractivity contribution in [3.63, 3.8) is 0 Å². The smallest absolute Gasteiger partial charge is 0.246 e. The number of piperazine rings is 1. The first kappa shape index (κ1) is 20.8. The van der Waals surface area contributed by atoms with Crippen molar-refractivity contribution in [2.75, 3.05) is 13.1 Å². The van der Waals surface area contributed by atoms with Gasteiger partial charge in [-0.05, 0) is 55.3 Å². The summed E-state index contributed by atoms with van der Waals surface area (Å²) < 4.78 is 13.1. The molecule has 1 aliphatic heterocycles. The normalized spacial score (nSPS) is 20.7. The first-order chi connectivity index (χ1) is 13.3. The van der Waals surface area contributed by atoms with Crippen LogP contribution < -0.4 is 0 Å². The average Bonchev–Trinajstić information content (AvgIpc) is 2.65. The molecular formula is C22H23Cl2FN2O. The van der Waals surface area contributed by atoms with E-state index in [1.807, 2.05) is 24.0 Å². The Morgan fingerprint density at radius 1 is 1.11 bits per heavy atom. The minimum atomic E-state index is -0.229. The van der Waals surface area contributed by atoms with Crippen LogP contribution in [0.4, 0.5) is 4.39 Å². The standard InChI is InChI=1S/C22H23Cl2FN2O/c1-15-13-27(22(28)10-6-18-5-7-19(23)11-21(18)24)16(2)12-26(15)14-17-3-8-20(25)9-4-17/h3-11,15-16H,12-14H2,1-2H3/b10-6+/t15-,16+/m0/s1. The Bertz CT molecular complexity index is 869. The molecule has 1 fully saturated rings. The fourth-order valence-electron chi connectivity index (χ4n) is 3.44. The average molecular weight is 421 g/mol. The van der Waals surface area contributed by atoms with Crippen molar-refractivity contribution in [1.29, 1.82) is 0 Å². The van der Waals surface area contributed by atoms with Crippen LogP contribution >= 0.6 is 23.2 Å². The second kappa shape index (κ2) is 9.08. The van der Waals surface area contributed by atoms with E-state index >= 15 is 0 Å². The van der Waals surface area contributed by atoms with E-state index in [1.54, 1.807) is 30.4 Å². The zero-order chi connectivity index (χ0) is 20.3. The summed E-state index contributed by atoms with van der Waals surface area (Å²) in [6.07, 6.45) is 3.29. The summed E-state index contributed by atoms with van der Waals surface area (Å²) in [5.74, 6) is -0.264. The molecule has 0 radical (unpaired) electrons. The number of halogens is 3. The Morgan fingerprint density at radius 3 is 2.50 bits per heavy atom. The van der Waals surface area contributed by atoms with Crippen LogP contribution in [-0.2, 0) is 11.3 Å². The fourth-order valence-corrected chi connectivity index (χ4v) is 3.91. The number of benzene rings is 2. The van der Waals surface area contributed by atoms with Gasteiger partial charge in [0, 0.05) is 47.8 Å². The van der Waals surface area contributed by atoms with Crippen LogP contribution in [0.2, 0.25) is 10.0 Å². The molecule has 3 nitrogen and oxygen atoms in total. The molecule has 0 aromatic heterocycles. The Balaban J connectivity index is 1.63. The molecule has 2 aromatic rings. The minimum Gasteiger partial charge on any atom is -0.334 e. The van der Waals surface area contributed by atoms with Gasteiger partial charge >= 0.3 is 0 Å². The van der Waals surface area contributed by atoms with Crippen molar-refractivity contribution in [2.45, 2.75) is 32.5 Å². The molecule has 0 aliphatic carbocycles. The SMILES string of the molecule is C[C@@H]1CN(Cc2ccc(F)cc2)[C@@H](C)CN1C(=O)/C=C/c1ccc(Cl)cc1Cl. The van der Waals surface area contributed by atoms with Crippen molar-refractivity contribution in [1.82, 2.24) is 9.80 Å². The lowest BCUT2D eigenvalue weighted by Gasteiger charge is -2.44. The molecule has 1 heterocycles. The molecular weight excluding hydrogens is 398 g/mol. The molecule has 148 valence electrons. The molecule has 0 spiro atoms. The molecule has 1 saturated heterocycles. The Labute approximate surface area is 175 Å². The van der Waals surface area contributed by atoms with Crippen LogP contribution in [-0.4, -0.2) is 40.9 Å². The third-order valence-corrected chi connectivity index (χ3v) is 5.63. The summed E-state index contributed by atoms with van der Waals surface area (Å²) in [5, 5.41) is 1.08. The van der Waals surface area contributed by atoms with Crippen molar-refractivity contribution < 1.29 is 9.18 Å². The second-order valence-corrected chi connectivity index (χ2v) is 8.09. The largest absolute Gasteiger partial charge is 0.334 e. The van der Waals surface area contributed by atoms with Crippen molar-refractivity contribution in [2.24, 2.45) is 0 Å². The first-order valence-corrected chi connectivity index (χ1v) is 10.0. The van der Waals surface area contributed by atoms with Gasteiger partial charge in [0.15, 0.2) is 0 Å². The van der Waals surface area contributed by atoms with E-state index in [1.165, 1.54) is 12.1 Å². The van der Waals surface area contributed by atoms with Gasteiger partial charge in [-0.15, -0.1) is 0 Å². The van der Waals surface area contributed by atoms with E-state index in [0.717, 1.165) is 24.2 Å². The number of nitrogens with zero attached hydrogens (tertiary/aromatic N) is 2. The first-order valence-electron chi connectivity index (χ1n) is 9.25. The maximum atomic E-state index is 13.1. The van der Waals surface area contributed by atoms with Gasteiger partial charge in [0.1, 0.15) is 5.82 Å². The van der Waals surface area contributed by atoms with Gasteiger partial charge in [0.25, 0.3) is 0 Å². The number of carbonyl (C=O) groups excluding carboxylic acids is 1. The van der Waals surface area contributed by atoms with Gasteiger partial charge in [-0.2, -0.15) is 0 Å². The molecule has 0 bridgehead atoms. The quantitative estimate of drug-likeness (QED) is 0.629. The predicted molar refractivity (Wildman–Crippen MR) is 113 cm³/mol. The van der Waals surface area contributed by atoms with Gasteiger partial charge in [-0.25, -0.2) is 4.39 Å². The summed E-state index contributed by atoms with van der Waals surface area (Å²) in [7, 11) is 0. The number of rotatable bonds is 4. The van der Waals surface area contributed by atoms with Gasteiger partial charge in [-0.3, -0.25) is 9.69 Å². The molecule has 0 saturated carbocycles. The van der Waals surface area contributed by atoms with Crippen molar-refractivity contribution >= 4 is 35.2 Å². The summed E-state index contributed by atoms with van der Waals surface area (Å²) in [4.78, 5) is 16.9. The van der Waals surface area contributed by atoms with Crippen molar-refractivity contribution in [3.8, 4) is 0 Å². The molecule has 3 rings (SSSR count). The van der Waals surface area contributed by atoms with E-state index in [0.29, 0.717) is 16.6 Å². The highest BCUT2D eigenvalue weighted by atomic mass is 35.5. The minimum absolute atomic E-state index is 0.0354. The molecule has 6 heteroatoms. The van der Waals surface area contributed by atoms with E-state index in [2.05, 4.69) is 11.8 Å². The molecule has 1 aliphatic rings. The van der Waals surface area contributed by atoms with Crippen LogP contribution in [0.1, 0.15) is 25.0 Å². The maximum absolute atomic E-state index is 13.1. The van der Waals surface area contributed by atoms with E-state index in [-0.39, 0.29) is 23.8 Å². The number of hydrogen-bond donors (Lipinski definition) is 0. The molecule has 2 atom stereocenters. The molecule has 28 heavy (non-hydrogen) atoms. The molecule has 0 N–H and O–H groups in total. The van der Waals surface area contributed by atoms with Gasteiger partial charge in [0.2, 0.25) is 5.91 Å². The van der Waals surface area contributed by atoms with Crippen LogP contribution in [0.3, 0.4) is 0 Å². The summed E-state index contributed by atoms with van der Waals surface area (Å²) in [6, 6.07) is 12.1. The van der Waals surface area contributed by atoms with Gasteiger partial charge < -0.3 is 4.90 Å². The summed E-state index contributed by atoms with van der Waals surface area (Å²) in [6.45, 7) is 6.30.